The van der Waals surface area contributed by atoms with Gasteiger partial charge in [0, 0.05) is 23.4 Å². The molecule has 1 N–H and O–H groups in total. The minimum absolute atomic E-state index is 0.274. The van der Waals surface area contributed by atoms with Gasteiger partial charge in [-0.2, -0.15) is 5.10 Å². The molecule has 0 fully saturated rings. The third-order valence-electron chi connectivity index (χ3n) is 4.85. The van der Waals surface area contributed by atoms with E-state index < -0.39 is 0 Å². The number of nitrogens with zero attached hydrogens (tertiary/aromatic N) is 2. The van der Waals surface area contributed by atoms with Gasteiger partial charge in [-0.05, 0) is 48.0 Å². The number of benzene rings is 3. The molecule has 6 nitrogen and oxygen atoms in total. The summed E-state index contributed by atoms with van der Waals surface area (Å²) in [6.45, 7) is 0.667. The lowest BCUT2D eigenvalue weighted by atomic mass is 10.1. The first-order chi connectivity index (χ1) is 15.6. The van der Waals surface area contributed by atoms with E-state index in [9.17, 15) is 9.18 Å². The number of rotatable bonds is 8. The molecule has 162 valence electrons. The van der Waals surface area contributed by atoms with Gasteiger partial charge in [-0.1, -0.05) is 30.3 Å². The second-order valence-electron chi connectivity index (χ2n) is 7.11. The number of carbonyl (C=O) groups excluding carboxylic acids is 1. The van der Waals surface area contributed by atoms with E-state index in [-0.39, 0.29) is 18.3 Å². The van der Waals surface area contributed by atoms with Gasteiger partial charge in [-0.15, -0.1) is 0 Å². The van der Waals surface area contributed by atoms with Gasteiger partial charge in [0.15, 0.2) is 5.82 Å². The molecule has 1 aromatic heterocycles. The largest absolute Gasteiger partial charge is 0.497 e. The van der Waals surface area contributed by atoms with E-state index in [1.54, 1.807) is 54.4 Å². The van der Waals surface area contributed by atoms with E-state index in [4.69, 9.17) is 9.47 Å². The molecule has 0 bridgehead atoms. The molecule has 32 heavy (non-hydrogen) atoms. The maximum atomic E-state index is 13.8. The topological polar surface area (TPSA) is 65.4 Å². The summed E-state index contributed by atoms with van der Waals surface area (Å²) in [6.07, 6.45) is 1.70. The van der Waals surface area contributed by atoms with Crippen LogP contribution in [-0.4, -0.2) is 22.8 Å². The molecule has 0 saturated heterocycles. The molecule has 0 radical (unpaired) electrons. The van der Waals surface area contributed by atoms with E-state index in [0.29, 0.717) is 23.6 Å². The van der Waals surface area contributed by atoms with E-state index >= 15 is 0 Å². The first-order valence-corrected chi connectivity index (χ1v) is 10.0. The molecule has 1 amide bonds. The van der Waals surface area contributed by atoms with Gasteiger partial charge in [0.2, 0.25) is 0 Å². The predicted octanol–water partition coefficient (Wildman–Crippen LogP) is 4.91. The monoisotopic (exact) mass is 431 g/mol. The Labute approximate surface area is 185 Å². The highest BCUT2D eigenvalue weighted by Gasteiger charge is 2.09. The third kappa shape index (κ3) is 5.31. The van der Waals surface area contributed by atoms with Gasteiger partial charge in [0.05, 0.1) is 13.7 Å². The molecular formula is C25H22FN3O3. The fourth-order valence-corrected chi connectivity index (χ4v) is 3.10. The Bertz CT molecular complexity index is 1190. The molecule has 0 saturated carbocycles. The van der Waals surface area contributed by atoms with Crippen molar-refractivity contribution in [3.8, 4) is 11.5 Å². The van der Waals surface area contributed by atoms with Crippen LogP contribution in [0, 0.1) is 5.82 Å². The summed E-state index contributed by atoms with van der Waals surface area (Å²) < 4.78 is 26.3. The summed E-state index contributed by atoms with van der Waals surface area (Å²) in [4.78, 5) is 12.5. The van der Waals surface area contributed by atoms with Crippen molar-refractivity contribution in [2.75, 3.05) is 12.4 Å². The fraction of sp³-hybridized carbons (Fsp3) is 0.120. The number of nitrogens with one attached hydrogen (secondary N) is 1. The Hall–Kier alpha value is -4.13. The van der Waals surface area contributed by atoms with E-state index in [0.717, 1.165) is 17.1 Å². The van der Waals surface area contributed by atoms with Crippen molar-refractivity contribution in [3.05, 3.63) is 108 Å². The summed E-state index contributed by atoms with van der Waals surface area (Å²) >= 11 is 0. The van der Waals surface area contributed by atoms with Crippen molar-refractivity contribution >= 4 is 11.7 Å². The van der Waals surface area contributed by atoms with Crippen LogP contribution < -0.4 is 14.8 Å². The minimum Gasteiger partial charge on any atom is -0.497 e. The van der Waals surface area contributed by atoms with Gasteiger partial charge in [-0.25, -0.2) is 4.39 Å². The highest BCUT2D eigenvalue weighted by Crippen LogP contribution is 2.18. The number of methoxy groups -OCH3 is 1. The number of carbonyl (C=O) groups is 1. The van der Waals surface area contributed by atoms with Crippen LogP contribution in [0.5, 0.6) is 11.5 Å². The van der Waals surface area contributed by atoms with Crippen LogP contribution >= 0.6 is 0 Å². The Morgan fingerprint density at radius 3 is 2.41 bits per heavy atom. The normalized spacial score (nSPS) is 10.6. The Balaban J connectivity index is 1.32. The summed E-state index contributed by atoms with van der Waals surface area (Å²) in [7, 11) is 1.62. The SMILES string of the molecule is COc1ccc(OCc2ccc(C(=O)Nc3ccn(Cc4ccccc4F)n3)cc2)cc1. The van der Waals surface area contributed by atoms with Crippen LogP contribution in [0.2, 0.25) is 0 Å². The van der Waals surface area contributed by atoms with Crippen LogP contribution in [0.3, 0.4) is 0 Å². The summed E-state index contributed by atoms with van der Waals surface area (Å²) in [5.41, 5.74) is 1.97. The quantitative estimate of drug-likeness (QED) is 0.431. The summed E-state index contributed by atoms with van der Waals surface area (Å²) in [5, 5.41) is 7.05. The first kappa shape index (κ1) is 21.1. The lowest BCUT2D eigenvalue weighted by molar-refractivity contribution is 0.102. The number of ether oxygens (including phenoxy) is 2. The molecule has 0 aliphatic heterocycles. The highest BCUT2D eigenvalue weighted by molar-refractivity contribution is 6.03. The van der Waals surface area contributed by atoms with Crippen molar-refractivity contribution in [2.45, 2.75) is 13.2 Å². The van der Waals surface area contributed by atoms with Gasteiger partial charge in [-0.3, -0.25) is 9.48 Å². The molecular weight excluding hydrogens is 409 g/mol. The standard InChI is InChI=1S/C25H22FN3O3/c1-31-21-10-12-22(13-11-21)32-17-18-6-8-19(9-7-18)25(30)27-24-14-15-29(28-24)16-20-4-2-3-5-23(20)26/h2-15H,16-17H2,1H3,(H,27,28,30). The molecule has 4 rings (SSSR count). The van der Waals surface area contributed by atoms with Gasteiger partial charge in [0.1, 0.15) is 23.9 Å². The Morgan fingerprint density at radius 2 is 1.69 bits per heavy atom. The number of aromatic nitrogens is 2. The van der Waals surface area contributed by atoms with Crippen LogP contribution in [-0.2, 0) is 13.2 Å². The van der Waals surface area contributed by atoms with Crippen molar-refractivity contribution in [1.29, 1.82) is 0 Å². The predicted molar refractivity (Wildman–Crippen MR) is 119 cm³/mol. The lowest BCUT2D eigenvalue weighted by Crippen LogP contribution is -2.13. The van der Waals surface area contributed by atoms with Crippen LogP contribution in [0.25, 0.3) is 0 Å². The number of halogens is 1. The van der Waals surface area contributed by atoms with E-state index in [2.05, 4.69) is 10.4 Å². The summed E-state index contributed by atoms with van der Waals surface area (Å²) in [6, 6.07) is 22.7. The molecule has 3 aromatic carbocycles. The van der Waals surface area contributed by atoms with E-state index in [1.807, 2.05) is 36.4 Å². The number of amides is 1. The van der Waals surface area contributed by atoms with E-state index in [1.165, 1.54) is 6.07 Å². The van der Waals surface area contributed by atoms with Crippen molar-refractivity contribution in [3.63, 3.8) is 0 Å². The van der Waals surface area contributed by atoms with Gasteiger partial charge in [0.25, 0.3) is 5.91 Å². The zero-order chi connectivity index (χ0) is 22.3. The second kappa shape index (κ2) is 9.78. The molecule has 0 aliphatic carbocycles. The smallest absolute Gasteiger partial charge is 0.256 e. The zero-order valence-corrected chi connectivity index (χ0v) is 17.5. The molecule has 0 unspecified atom stereocenters. The molecule has 0 spiro atoms. The maximum Gasteiger partial charge on any atom is 0.256 e. The lowest BCUT2D eigenvalue weighted by Gasteiger charge is -2.08. The van der Waals surface area contributed by atoms with Crippen LogP contribution in [0.1, 0.15) is 21.5 Å². The molecule has 4 aromatic rings. The van der Waals surface area contributed by atoms with Crippen molar-refractivity contribution < 1.29 is 18.7 Å². The summed E-state index contributed by atoms with van der Waals surface area (Å²) in [5.74, 6) is 1.34. The average Bonchev–Trinajstić information content (AvgIpc) is 3.26. The van der Waals surface area contributed by atoms with Crippen LogP contribution in [0.4, 0.5) is 10.2 Å². The molecule has 0 atom stereocenters. The van der Waals surface area contributed by atoms with Crippen LogP contribution in [0.15, 0.2) is 85.1 Å². The average molecular weight is 431 g/mol. The maximum absolute atomic E-state index is 13.8. The van der Waals surface area contributed by atoms with Crippen molar-refractivity contribution in [2.24, 2.45) is 0 Å². The Kier molecular flexibility index (Phi) is 6.46. The van der Waals surface area contributed by atoms with Crippen molar-refractivity contribution in [1.82, 2.24) is 9.78 Å². The number of hydrogen-bond acceptors (Lipinski definition) is 4. The molecule has 7 heteroatoms. The number of anilines is 1. The Morgan fingerprint density at radius 1 is 0.969 bits per heavy atom. The fourth-order valence-electron chi connectivity index (χ4n) is 3.10. The second-order valence-corrected chi connectivity index (χ2v) is 7.11. The number of hydrogen-bond donors (Lipinski definition) is 1. The first-order valence-electron chi connectivity index (χ1n) is 10.0. The molecule has 1 heterocycles. The van der Waals surface area contributed by atoms with Gasteiger partial charge < -0.3 is 14.8 Å². The zero-order valence-electron chi connectivity index (χ0n) is 17.5. The molecule has 0 aliphatic rings. The highest BCUT2D eigenvalue weighted by atomic mass is 19.1. The minimum atomic E-state index is -0.287. The third-order valence-corrected chi connectivity index (χ3v) is 4.85. The van der Waals surface area contributed by atoms with Gasteiger partial charge >= 0.3 is 0 Å².